The molecule has 0 radical (unpaired) electrons. The fourth-order valence-electron chi connectivity index (χ4n) is 2.23. The van der Waals surface area contributed by atoms with E-state index in [9.17, 15) is 4.79 Å². The fourth-order valence-corrected chi connectivity index (χ4v) is 2.23. The number of carbonyl (C=O) groups is 1. The summed E-state index contributed by atoms with van der Waals surface area (Å²) in [6.07, 6.45) is 3.03. The van der Waals surface area contributed by atoms with Crippen LogP contribution in [0.1, 0.15) is 30.9 Å². The van der Waals surface area contributed by atoms with Crippen molar-refractivity contribution in [1.82, 2.24) is 10.2 Å². The van der Waals surface area contributed by atoms with Crippen LogP contribution in [-0.2, 0) is 4.79 Å². The normalized spacial score (nSPS) is 25.4. The molecule has 1 unspecified atom stereocenters. The van der Waals surface area contributed by atoms with Crippen molar-refractivity contribution in [3.63, 3.8) is 0 Å². The predicted octanol–water partition coefficient (Wildman–Crippen LogP) is 0.599. The van der Waals surface area contributed by atoms with Gasteiger partial charge in [0.2, 0.25) is 5.91 Å². The van der Waals surface area contributed by atoms with Gasteiger partial charge in [0.15, 0.2) is 5.82 Å². The van der Waals surface area contributed by atoms with Gasteiger partial charge in [0.1, 0.15) is 0 Å². The fraction of sp³-hybridized carbons (Fsp3) is 0.636. The van der Waals surface area contributed by atoms with E-state index in [1.807, 2.05) is 6.07 Å². The highest BCUT2D eigenvalue weighted by molar-refractivity contribution is 5.94. The van der Waals surface area contributed by atoms with Gasteiger partial charge in [0.25, 0.3) is 0 Å². The third-order valence-electron chi connectivity index (χ3n) is 3.42. The molecule has 0 aromatic carbocycles. The van der Waals surface area contributed by atoms with E-state index in [-0.39, 0.29) is 11.8 Å². The van der Waals surface area contributed by atoms with Crippen LogP contribution in [0, 0.1) is 5.92 Å². The summed E-state index contributed by atoms with van der Waals surface area (Å²) in [5.74, 6) is 1.84. The van der Waals surface area contributed by atoms with Crippen LogP contribution < -0.4 is 10.6 Å². The second-order valence-corrected chi connectivity index (χ2v) is 4.77. The van der Waals surface area contributed by atoms with Crippen molar-refractivity contribution in [2.45, 2.75) is 25.2 Å². The molecule has 2 heterocycles. The third kappa shape index (κ3) is 1.61. The highest BCUT2D eigenvalue weighted by Gasteiger charge is 2.32. The van der Waals surface area contributed by atoms with Crippen LogP contribution in [0.15, 0.2) is 6.07 Å². The lowest BCUT2D eigenvalue weighted by molar-refractivity contribution is -0.117. The lowest BCUT2D eigenvalue weighted by atomic mass is 10.1. The molecule has 3 N–H and O–H groups in total. The summed E-state index contributed by atoms with van der Waals surface area (Å²) in [7, 11) is 0. The second kappa shape index (κ2) is 3.59. The number of hydrogen-bond donors (Lipinski definition) is 2. The van der Waals surface area contributed by atoms with Crippen LogP contribution in [0.4, 0.5) is 5.82 Å². The summed E-state index contributed by atoms with van der Waals surface area (Å²) in [6, 6.07) is 2.01. The van der Waals surface area contributed by atoms with Crippen molar-refractivity contribution in [2.24, 2.45) is 11.7 Å². The number of nitrogens with one attached hydrogen (secondary N) is 1. The van der Waals surface area contributed by atoms with E-state index >= 15 is 0 Å². The van der Waals surface area contributed by atoms with Crippen molar-refractivity contribution >= 4 is 11.7 Å². The molecule has 1 aromatic heterocycles. The van der Waals surface area contributed by atoms with Gasteiger partial charge < -0.3 is 5.73 Å². The van der Waals surface area contributed by atoms with Crippen LogP contribution in [-0.4, -0.2) is 29.2 Å². The molecule has 0 bridgehead atoms. The minimum absolute atomic E-state index is 0.143. The van der Waals surface area contributed by atoms with Crippen LogP contribution in [0.2, 0.25) is 0 Å². The summed E-state index contributed by atoms with van der Waals surface area (Å²) in [4.78, 5) is 13.5. The zero-order chi connectivity index (χ0) is 11.1. The van der Waals surface area contributed by atoms with E-state index < -0.39 is 0 Å². The Kier molecular flexibility index (Phi) is 2.21. The first kappa shape index (κ1) is 9.84. The minimum atomic E-state index is 0.143. The number of carbonyl (C=O) groups excluding carboxylic acids is 1. The molecule has 1 aromatic rings. The molecule has 3 rings (SSSR count). The zero-order valence-electron chi connectivity index (χ0n) is 9.15. The van der Waals surface area contributed by atoms with Crippen LogP contribution in [0.3, 0.4) is 0 Å². The SMILES string of the molecule is NCC1CC(=O)N(c2cc(C3CC3)[nH]n2)C1. The number of nitrogens with zero attached hydrogens (tertiary/aromatic N) is 2. The number of aromatic amines is 1. The Bertz CT molecular complexity index is 410. The van der Waals surface area contributed by atoms with Gasteiger partial charge in [-0.3, -0.25) is 14.8 Å². The molecule has 1 aliphatic heterocycles. The van der Waals surface area contributed by atoms with E-state index in [0.29, 0.717) is 25.4 Å². The second-order valence-electron chi connectivity index (χ2n) is 4.77. The molecule has 5 nitrogen and oxygen atoms in total. The van der Waals surface area contributed by atoms with Gasteiger partial charge in [-0.2, -0.15) is 5.10 Å². The predicted molar refractivity (Wildman–Crippen MR) is 60.1 cm³/mol. The summed E-state index contributed by atoms with van der Waals surface area (Å²) in [6.45, 7) is 1.28. The molecule has 5 heteroatoms. The maximum atomic E-state index is 11.8. The maximum absolute atomic E-state index is 11.8. The summed E-state index contributed by atoms with van der Waals surface area (Å²) >= 11 is 0. The number of amides is 1. The molecular formula is C11H16N4O. The Hall–Kier alpha value is -1.36. The number of nitrogens with two attached hydrogens (primary N) is 1. The third-order valence-corrected chi connectivity index (χ3v) is 3.42. The molecule has 86 valence electrons. The molecular weight excluding hydrogens is 204 g/mol. The largest absolute Gasteiger partial charge is 0.330 e. The summed E-state index contributed by atoms with van der Waals surface area (Å²) < 4.78 is 0. The van der Waals surface area contributed by atoms with Gasteiger partial charge in [-0.25, -0.2) is 0 Å². The zero-order valence-corrected chi connectivity index (χ0v) is 9.15. The van der Waals surface area contributed by atoms with Gasteiger partial charge in [0.05, 0.1) is 0 Å². The maximum Gasteiger partial charge on any atom is 0.228 e. The monoisotopic (exact) mass is 220 g/mol. The van der Waals surface area contributed by atoms with E-state index in [1.165, 1.54) is 18.5 Å². The van der Waals surface area contributed by atoms with E-state index in [1.54, 1.807) is 4.90 Å². The molecule has 1 amide bonds. The van der Waals surface area contributed by atoms with E-state index in [0.717, 1.165) is 5.82 Å². The van der Waals surface area contributed by atoms with E-state index in [4.69, 9.17) is 5.73 Å². The Morgan fingerprint density at radius 2 is 2.38 bits per heavy atom. The number of anilines is 1. The summed E-state index contributed by atoms with van der Waals surface area (Å²) in [5, 5.41) is 7.24. The number of aromatic nitrogens is 2. The number of rotatable bonds is 3. The van der Waals surface area contributed by atoms with Crippen molar-refractivity contribution in [2.75, 3.05) is 18.0 Å². The van der Waals surface area contributed by atoms with Gasteiger partial charge >= 0.3 is 0 Å². The van der Waals surface area contributed by atoms with Crippen LogP contribution in [0.5, 0.6) is 0 Å². The molecule has 16 heavy (non-hydrogen) atoms. The lowest BCUT2D eigenvalue weighted by Crippen LogP contribution is -2.26. The van der Waals surface area contributed by atoms with Gasteiger partial charge in [-0.1, -0.05) is 0 Å². The Balaban J connectivity index is 1.78. The van der Waals surface area contributed by atoms with Crippen molar-refractivity contribution in [3.8, 4) is 0 Å². The quantitative estimate of drug-likeness (QED) is 0.783. The molecule has 1 atom stereocenters. The molecule has 1 aliphatic carbocycles. The average molecular weight is 220 g/mol. The van der Waals surface area contributed by atoms with Crippen molar-refractivity contribution < 1.29 is 4.79 Å². The summed E-state index contributed by atoms with van der Waals surface area (Å²) in [5.41, 5.74) is 6.76. The first-order valence-corrected chi connectivity index (χ1v) is 5.83. The standard InChI is InChI=1S/C11H16N4O/c12-5-7-3-11(16)15(6-7)10-4-9(13-14-10)8-1-2-8/h4,7-8H,1-3,5-6,12H2,(H,13,14). The first-order chi connectivity index (χ1) is 7.78. The molecule has 1 saturated heterocycles. The Morgan fingerprint density at radius 1 is 1.56 bits per heavy atom. The van der Waals surface area contributed by atoms with Crippen LogP contribution >= 0.6 is 0 Å². The van der Waals surface area contributed by atoms with Gasteiger partial charge in [0, 0.05) is 30.6 Å². The smallest absolute Gasteiger partial charge is 0.228 e. The molecule has 2 aliphatic rings. The van der Waals surface area contributed by atoms with Crippen LogP contribution in [0.25, 0.3) is 0 Å². The number of hydrogen-bond acceptors (Lipinski definition) is 3. The topological polar surface area (TPSA) is 75.0 Å². The minimum Gasteiger partial charge on any atom is -0.330 e. The molecule has 0 spiro atoms. The highest BCUT2D eigenvalue weighted by Crippen LogP contribution is 2.40. The highest BCUT2D eigenvalue weighted by atomic mass is 16.2. The number of H-pyrrole nitrogens is 1. The van der Waals surface area contributed by atoms with Gasteiger partial charge in [-0.15, -0.1) is 0 Å². The van der Waals surface area contributed by atoms with Crippen molar-refractivity contribution in [1.29, 1.82) is 0 Å². The molecule has 2 fully saturated rings. The Morgan fingerprint density at radius 3 is 3.00 bits per heavy atom. The lowest BCUT2D eigenvalue weighted by Gasteiger charge is -2.12. The van der Waals surface area contributed by atoms with Gasteiger partial charge in [-0.05, 0) is 25.3 Å². The van der Waals surface area contributed by atoms with Crippen molar-refractivity contribution in [3.05, 3.63) is 11.8 Å². The molecule has 1 saturated carbocycles. The first-order valence-electron chi connectivity index (χ1n) is 5.83. The average Bonchev–Trinajstić information content (AvgIpc) is 2.89. The Labute approximate surface area is 94.0 Å². The van der Waals surface area contributed by atoms with E-state index in [2.05, 4.69) is 10.2 Å².